The van der Waals surface area contributed by atoms with E-state index in [1.165, 1.54) is 30.0 Å². The Balaban J connectivity index is 1.74. The number of hydrogen-bond donors (Lipinski definition) is 1. The second-order valence-electron chi connectivity index (χ2n) is 6.42. The summed E-state index contributed by atoms with van der Waals surface area (Å²) in [7, 11) is -1.66. The Morgan fingerprint density at radius 3 is 2.41 bits per heavy atom. The van der Waals surface area contributed by atoms with Gasteiger partial charge in [-0.1, -0.05) is 23.9 Å². The van der Waals surface area contributed by atoms with Crippen LogP contribution < -0.4 is 4.72 Å². The van der Waals surface area contributed by atoms with Gasteiger partial charge in [0.1, 0.15) is 5.82 Å². The first kappa shape index (κ1) is 21.0. The molecule has 0 saturated carbocycles. The zero-order valence-electron chi connectivity index (χ0n) is 16.0. The Labute approximate surface area is 172 Å². The molecular formula is C19H19FN4O3S2. The Kier molecular flexibility index (Phi) is 6.04. The van der Waals surface area contributed by atoms with Gasteiger partial charge < -0.3 is 4.57 Å². The topological polar surface area (TPSA) is 93.9 Å². The third kappa shape index (κ3) is 5.01. The van der Waals surface area contributed by atoms with Crippen LogP contribution in [0.25, 0.3) is 11.4 Å². The molecule has 1 atom stereocenters. The molecule has 2 aromatic carbocycles. The largest absolute Gasteiger partial charge is 0.305 e. The van der Waals surface area contributed by atoms with Crippen molar-refractivity contribution in [2.24, 2.45) is 7.05 Å². The number of hydrogen-bond acceptors (Lipinski definition) is 6. The van der Waals surface area contributed by atoms with E-state index in [4.69, 9.17) is 0 Å². The highest BCUT2D eigenvalue weighted by atomic mass is 32.2. The first-order chi connectivity index (χ1) is 13.7. The Morgan fingerprint density at radius 2 is 1.79 bits per heavy atom. The number of nitrogens with zero attached hydrogens (tertiary/aromatic N) is 3. The predicted molar refractivity (Wildman–Crippen MR) is 111 cm³/mol. The van der Waals surface area contributed by atoms with E-state index in [-0.39, 0.29) is 5.78 Å². The summed E-state index contributed by atoms with van der Waals surface area (Å²) in [6, 6.07) is 12.5. The summed E-state index contributed by atoms with van der Waals surface area (Å²) in [6.07, 6.45) is 1.06. The number of aromatic nitrogens is 3. The average Bonchev–Trinajstić information content (AvgIpc) is 3.01. The molecule has 1 aromatic heterocycles. The fourth-order valence-corrected chi connectivity index (χ4v) is 4.11. The van der Waals surface area contributed by atoms with Crippen LogP contribution in [0.1, 0.15) is 17.3 Å². The van der Waals surface area contributed by atoms with Crippen LogP contribution in [0.2, 0.25) is 0 Å². The van der Waals surface area contributed by atoms with Gasteiger partial charge in [0.05, 0.1) is 17.1 Å². The molecule has 152 valence electrons. The summed E-state index contributed by atoms with van der Waals surface area (Å²) in [4.78, 5) is 12.7. The minimum atomic E-state index is -3.38. The molecule has 0 aliphatic carbocycles. The third-order valence-corrected chi connectivity index (χ3v) is 5.81. The number of ketones is 1. The van der Waals surface area contributed by atoms with E-state index >= 15 is 0 Å². The van der Waals surface area contributed by atoms with Gasteiger partial charge in [0.15, 0.2) is 16.8 Å². The van der Waals surface area contributed by atoms with E-state index < -0.39 is 21.1 Å². The Hall–Kier alpha value is -2.72. The molecule has 0 bridgehead atoms. The average molecular weight is 435 g/mol. The molecule has 0 aliphatic rings. The van der Waals surface area contributed by atoms with Crippen molar-refractivity contribution in [1.29, 1.82) is 0 Å². The number of anilines is 1. The van der Waals surface area contributed by atoms with Crippen LogP contribution in [-0.4, -0.2) is 40.5 Å². The summed E-state index contributed by atoms with van der Waals surface area (Å²) in [5.41, 5.74) is 1.16. The molecule has 0 saturated heterocycles. The van der Waals surface area contributed by atoms with Crippen molar-refractivity contribution in [3.8, 4) is 11.4 Å². The monoisotopic (exact) mass is 434 g/mol. The third-order valence-electron chi connectivity index (χ3n) is 4.07. The SMILES string of the molecule is CC(Sc1nnc(-c2ccccc2F)n1C)C(=O)c1ccc(NS(C)(=O)=O)cc1. The number of benzene rings is 2. The number of rotatable bonds is 7. The van der Waals surface area contributed by atoms with Crippen LogP contribution in [0.3, 0.4) is 0 Å². The van der Waals surface area contributed by atoms with Gasteiger partial charge in [0.2, 0.25) is 10.0 Å². The second-order valence-corrected chi connectivity index (χ2v) is 9.48. The molecule has 0 aliphatic heterocycles. The number of sulfonamides is 1. The van der Waals surface area contributed by atoms with E-state index in [0.717, 1.165) is 6.26 Å². The molecule has 0 fully saturated rings. The molecule has 3 rings (SSSR count). The van der Waals surface area contributed by atoms with Gasteiger partial charge in [-0.05, 0) is 43.3 Å². The highest BCUT2D eigenvalue weighted by Gasteiger charge is 2.21. The van der Waals surface area contributed by atoms with E-state index in [9.17, 15) is 17.6 Å². The van der Waals surface area contributed by atoms with E-state index in [1.807, 2.05) is 0 Å². The van der Waals surface area contributed by atoms with Crippen molar-refractivity contribution in [1.82, 2.24) is 14.8 Å². The number of carbonyl (C=O) groups excluding carboxylic acids is 1. The van der Waals surface area contributed by atoms with Gasteiger partial charge >= 0.3 is 0 Å². The number of nitrogens with one attached hydrogen (secondary N) is 1. The molecule has 0 amide bonds. The van der Waals surface area contributed by atoms with Crippen LogP contribution in [0.4, 0.5) is 10.1 Å². The lowest BCUT2D eigenvalue weighted by Crippen LogP contribution is -2.15. The molecular weight excluding hydrogens is 415 g/mol. The summed E-state index contributed by atoms with van der Waals surface area (Å²) < 4.78 is 40.6. The molecule has 0 spiro atoms. The number of carbonyl (C=O) groups is 1. The molecule has 7 nitrogen and oxygen atoms in total. The van der Waals surface area contributed by atoms with Crippen molar-refractivity contribution in [3.63, 3.8) is 0 Å². The van der Waals surface area contributed by atoms with Crippen LogP contribution in [0.5, 0.6) is 0 Å². The van der Waals surface area contributed by atoms with Crippen molar-refractivity contribution < 1.29 is 17.6 Å². The lowest BCUT2D eigenvalue weighted by Gasteiger charge is -2.11. The maximum atomic E-state index is 14.0. The van der Waals surface area contributed by atoms with Crippen molar-refractivity contribution in [3.05, 3.63) is 59.9 Å². The van der Waals surface area contributed by atoms with Gasteiger partial charge in [0, 0.05) is 18.3 Å². The number of thioether (sulfide) groups is 1. The molecule has 3 aromatic rings. The predicted octanol–water partition coefficient (Wildman–Crippen LogP) is 3.36. The Morgan fingerprint density at radius 1 is 1.14 bits per heavy atom. The van der Waals surface area contributed by atoms with Gasteiger partial charge in [-0.25, -0.2) is 12.8 Å². The summed E-state index contributed by atoms with van der Waals surface area (Å²) >= 11 is 1.21. The van der Waals surface area contributed by atoms with Gasteiger partial charge in [-0.2, -0.15) is 0 Å². The minimum absolute atomic E-state index is 0.142. The van der Waals surface area contributed by atoms with Gasteiger partial charge in [0.25, 0.3) is 0 Å². The normalized spacial score (nSPS) is 12.6. The lowest BCUT2D eigenvalue weighted by atomic mass is 10.1. The van der Waals surface area contributed by atoms with Crippen molar-refractivity contribution >= 4 is 33.3 Å². The quantitative estimate of drug-likeness (QED) is 0.453. The highest BCUT2D eigenvalue weighted by molar-refractivity contribution is 8.00. The second kappa shape index (κ2) is 8.34. The van der Waals surface area contributed by atoms with Crippen LogP contribution >= 0.6 is 11.8 Å². The number of Topliss-reactive ketones (excluding diaryl/α,β-unsaturated/α-hetero) is 1. The van der Waals surface area contributed by atoms with Crippen LogP contribution in [0, 0.1) is 5.82 Å². The highest BCUT2D eigenvalue weighted by Crippen LogP contribution is 2.28. The van der Waals surface area contributed by atoms with Crippen LogP contribution in [0.15, 0.2) is 53.7 Å². The van der Waals surface area contributed by atoms with Crippen LogP contribution in [-0.2, 0) is 17.1 Å². The Bertz CT molecular complexity index is 1140. The van der Waals surface area contributed by atoms with Crippen molar-refractivity contribution in [2.75, 3.05) is 11.0 Å². The first-order valence-electron chi connectivity index (χ1n) is 8.59. The molecule has 0 radical (unpaired) electrons. The zero-order chi connectivity index (χ0) is 21.2. The van der Waals surface area contributed by atoms with E-state index in [0.29, 0.717) is 27.8 Å². The fourth-order valence-electron chi connectivity index (χ4n) is 2.66. The molecule has 1 unspecified atom stereocenters. The first-order valence-corrected chi connectivity index (χ1v) is 11.4. The van der Waals surface area contributed by atoms with E-state index in [1.54, 1.807) is 48.9 Å². The fraction of sp³-hybridized carbons (Fsp3) is 0.211. The molecule has 1 heterocycles. The van der Waals surface area contributed by atoms with Crippen molar-refractivity contribution in [2.45, 2.75) is 17.3 Å². The summed E-state index contributed by atoms with van der Waals surface area (Å²) in [5, 5.41) is 8.15. The summed E-state index contributed by atoms with van der Waals surface area (Å²) in [5.74, 6) is -0.163. The van der Waals surface area contributed by atoms with Gasteiger partial charge in [-0.3, -0.25) is 9.52 Å². The maximum absolute atomic E-state index is 14.0. The number of halogens is 1. The van der Waals surface area contributed by atoms with Gasteiger partial charge in [-0.15, -0.1) is 10.2 Å². The molecule has 29 heavy (non-hydrogen) atoms. The molecule has 1 N–H and O–H groups in total. The molecule has 10 heteroatoms. The lowest BCUT2D eigenvalue weighted by molar-refractivity contribution is 0.0994. The smallest absolute Gasteiger partial charge is 0.229 e. The zero-order valence-corrected chi connectivity index (χ0v) is 17.6. The van der Waals surface area contributed by atoms with E-state index in [2.05, 4.69) is 14.9 Å². The standard InChI is InChI=1S/C19H19FN4O3S2/c1-12(17(25)13-8-10-14(11-9-13)23-29(3,26)27)28-19-22-21-18(24(19)2)15-6-4-5-7-16(15)20/h4-12,23H,1-3H3. The summed E-state index contributed by atoms with van der Waals surface area (Å²) in [6.45, 7) is 1.74. The maximum Gasteiger partial charge on any atom is 0.229 e. The minimum Gasteiger partial charge on any atom is -0.305 e.